The molecule has 0 aliphatic rings. The van der Waals surface area contributed by atoms with Crippen molar-refractivity contribution in [3.05, 3.63) is 42.2 Å². The zero-order valence-electron chi connectivity index (χ0n) is 11.1. The van der Waals surface area contributed by atoms with Crippen LogP contribution in [0.15, 0.2) is 40.8 Å². The van der Waals surface area contributed by atoms with Crippen molar-refractivity contribution in [2.24, 2.45) is 11.5 Å². The van der Waals surface area contributed by atoms with Crippen molar-refractivity contribution in [1.29, 1.82) is 0 Å². The number of nitrogens with two attached hydrogens (primary N) is 2. The van der Waals surface area contributed by atoms with E-state index >= 15 is 0 Å². The smallest absolute Gasteiger partial charge is 0.461 e. The Morgan fingerprint density at radius 2 is 1.76 bits per heavy atom. The molecule has 1 aromatic carbocycles. The Labute approximate surface area is 119 Å². The van der Waals surface area contributed by atoms with E-state index < -0.39 is 6.36 Å². The third-order valence-corrected chi connectivity index (χ3v) is 2.80. The van der Waals surface area contributed by atoms with E-state index in [4.69, 9.17) is 15.9 Å². The van der Waals surface area contributed by atoms with Crippen LogP contribution < -0.4 is 16.2 Å². The van der Waals surface area contributed by atoms with Crippen LogP contribution in [0.25, 0.3) is 11.3 Å². The monoisotopic (exact) mass is 300 g/mol. The first-order valence-corrected chi connectivity index (χ1v) is 6.28. The Kier molecular flexibility index (Phi) is 4.54. The number of furan rings is 1. The number of hydrogen-bond acceptors (Lipinski definition) is 4. The molecule has 1 aromatic heterocycles. The number of rotatable bonds is 5. The molecule has 0 aliphatic carbocycles. The summed E-state index contributed by atoms with van der Waals surface area (Å²) in [5, 5.41) is 0. The molecule has 0 fully saturated rings. The molecular formula is C14H15F3N2O2. The summed E-state index contributed by atoms with van der Waals surface area (Å²) < 4.78 is 45.6. The molecule has 1 unspecified atom stereocenters. The van der Waals surface area contributed by atoms with Gasteiger partial charge in [-0.15, -0.1) is 13.2 Å². The van der Waals surface area contributed by atoms with Gasteiger partial charge in [0.1, 0.15) is 17.3 Å². The molecule has 0 aliphatic heterocycles. The number of ether oxygens (including phenoxy) is 1. The Bertz CT molecular complexity index is 579. The summed E-state index contributed by atoms with van der Waals surface area (Å²) in [5.74, 6) is 0.953. The minimum atomic E-state index is -4.70. The van der Waals surface area contributed by atoms with Gasteiger partial charge < -0.3 is 20.6 Å². The largest absolute Gasteiger partial charge is 0.573 e. The molecule has 1 heterocycles. The number of hydrogen-bond donors (Lipinski definition) is 2. The zero-order chi connectivity index (χ0) is 15.5. The second-order valence-electron chi connectivity index (χ2n) is 4.54. The van der Waals surface area contributed by atoms with E-state index in [0.29, 0.717) is 30.0 Å². The first-order valence-electron chi connectivity index (χ1n) is 6.28. The lowest BCUT2D eigenvalue weighted by Gasteiger charge is -2.08. The minimum Gasteiger partial charge on any atom is -0.461 e. The lowest BCUT2D eigenvalue weighted by molar-refractivity contribution is -0.274. The van der Waals surface area contributed by atoms with E-state index in [1.807, 2.05) is 0 Å². The highest BCUT2D eigenvalue weighted by Gasteiger charge is 2.30. The molecule has 114 valence electrons. The number of alkyl halides is 3. The van der Waals surface area contributed by atoms with E-state index in [1.165, 1.54) is 24.3 Å². The molecule has 2 rings (SSSR count). The van der Waals surface area contributed by atoms with Gasteiger partial charge in [0.2, 0.25) is 0 Å². The summed E-state index contributed by atoms with van der Waals surface area (Å²) in [7, 11) is 0. The van der Waals surface area contributed by atoms with Crippen LogP contribution in [0.4, 0.5) is 13.2 Å². The third-order valence-electron chi connectivity index (χ3n) is 2.80. The topological polar surface area (TPSA) is 74.4 Å². The maximum absolute atomic E-state index is 12.1. The molecule has 0 saturated carbocycles. The van der Waals surface area contributed by atoms with Crippen LogP contribution in [0.3, 0.4) is 0 Å². The molecule has 4 N–H and O–H groups in total. The fourth-order valence-electron chi connectivity index (χ4n) is 1.81. The lowest BCUT2D eigenvalue weighted by atomic mass is 10.1. The Morgan fingerprint density at radius 1 is 1.10 bits per heavy atom. The highest BCUT2D eigenvalue weighted by Crippen LogP contribution is 2.27. The van der Waals surface area contributed by atoms with Gasteiger partial charge in [0, 0.05) is 24.6 Å². The lowest BCUT2D eigenvalue weighted by Crippen LogP contribution is -2.31. The van der Waals surface area contributed by atoms with Crippen LogP contribution in [-0.4, -0.2) is 18.9 Å². The zero-order valence-corrected chi connectivity index (χ0v) is 11.1. The first-order chi connectivity index (χ1) is 9.87. The van der Waals surface area contributed by atoms with Gasteiger partial charge in [0.05, 0.1) is 0 Å². The van der Waals surface area contributed by atoms with Crippen molar-refractivity contribution in [3.63, 3.8) is 0 Å². The van der Waals surface area contributed by atoms with Crippen LogP contribution in [-0.2, 0) is 6.42 Å². The van der Waals surface area contributed by atoms with Crippen LogP contribution in [0.1, 0.15) is 5.76 Å². The van der Waals surface area contributed by atoms with E-state index in [-0.39, 0.29) is 11.8 Å². The Hall–Kier alpha value is -1.99. The quantitative estimate of drug-likeness (QED) is 0.890. The van der Waals surface area contributed by atoms with Gasteiger partial charge in [-0.05, 0) is 36.4 Å². The highest BCUT2D eigenvalue weighted by molar-refractivity contribution is 5.58. The fourth-order valence-corrected chi connectivity index (χ4v) is 1.81. The van der Waals surface area contributed by atoms with Crippen molar-refractivity contribution in [2.45, 2.75) is 18.8 Å². The van der Waals surface area contributed by atoms with Crippen molar-refractivity contribution >= 4 is 0 Å². The maximum atomic E-state index is 12.1. The molecule has 1 atom stereocenters. The van der Waals surface area contributed by atoms with Gasteiger partial charge in [-0.3, -0.25) is 0 Å². The maximum Gasteiger partial charge on any atom is 0.573 e. The second-order valence-corrected chi connectivity index (χ2v) is 4.54. The molecule has 0 amide bonds. The molecule has 0 radical (unpaired) electrons. The molecule has 7 heteroatoms. The molecular weight excluding hydrogens is 285 g/mol. The standard InChI is InChI=1S/C14H15F3N2O2/c15-14(16,17)21-11-3-1-9(2-4-11)13-6-5-12(20-13)7-10(19)8-18/h1-6,10H,7-8,18-19H2. The van der Waals surface area contributed by atoms with E-state index in [1.54, 1.807) is 12.1 Å². The summed E-state index contributed by atoms with van der Waals surface area (Å²) in [4.78, 5) is 0. The second kappa shape index (κ2) is 6.19. The van der Waals surface area contributed by atoms with Crippen LogP contribution in [0.2, 0.25) is 0 Å². The summed E-state index contributed by atoms with van der Waals surface area (Å²) in [6.07, 6.45) is -4.19. The van der Waals surface area contributed by atoms with Crippen molar-refractivity contribution in [2.75, 3.05) is 6.54 Å². The molecule has 4 nitrogen and oxygen atoms in total. The number of benzene rings is 1. The van der Waals surface area contributed by atoms with E-state index in [2.05, 4.69) is 4.74 Å². The Balaban J connectivity index is 2.08. The summed E-state index contributed by atoms with van der Waals surface area (Å²) in [6.45, 7) is 0.347. The predicted molar refractivity (Wildman–Crippen MR) is 71.6 cm³/mol. The number of halogens is 3. The van der Waals surface area contributed by atoms with E-state index in [0.717, 1.165) is 0 Å². The fraction of sp³-hybridized carbons (Fsp3) is 0.286. The summed E-state index contributed by atoms with van der Waals surface area (Å²) in [5.41, 5.74) is 11.8. The summed E-state index contributed by atoms with van der Waals surface area (Å²) >= 11 is 0. The van der Waals surface area contributed by atoms with Crippen molar-refractivity contribution in [3.8, 4) is 17.1 Å². The van der Waals surface area contributed by atoms with Gasteiger partial charge in [-0.2, -0.15) is 0 Å². The van der Waals surface area contributed by atoms with Crippen LogP contribution >= 0.6 is 0 Å². The average molecular weight is 300 g/mol. The normalized spacial score (nSPS) is 13.2. The minimum absolute atomic E-state index is 0.188. The van der Waals surface area contributed by atoms with E-state index in [9.17, 15) is 13.2 Å². The third kappa shape index (κ3) is 4.51. The van der Waals surface area contributed by atoms with Crippen molar-refractivity contribution in [1.82, 2.24) is 0 Å². The molecule has 0 saturated heterocycles. The highest BCUT2D eigenvalue weighted by atomic mass is 19.4. The molecule has 2 aromatic rings. The predicted octanol–water partition coefficient (Wildman–Crippen LogP) is 2.67. The van der Waals surface area contributed by atoms with Crippen molar-refractivity contribution < 1.29 is 22.3 Å². The summed E-state index contributed by atoms with van der Waals surface area (Å²) in [6, 6.07) is 8.77. The first kappa shape index (κ1) is 15.4. The molecule has 21 heavy (non-hydrogen) atoms. The molecule has 0 spiro atoms. The van der Waals surface area contributed by atoms with Gasteiger partial charge in [-0.25, -0.2) is 0 Å². The molecule has 0 bridgehead atoms. The van der Waals surface area contributed by atoms with Gasteiger partial charge >= 0.3 is 6.36 Å². The van der Waals surface area contributed by atoms with Gasteiger partial charge in [-0.1, -0.05) is 0 Å². The average Bonchev–Trinajstić information content (AvgIpc) is 2.86. The van der Waals surface area contributed by atoms with Crippen LogP contribution in [0, 0.1) is 0 Å². The SMILES string of the molecule is NCC(N)Cc1ccc(-c2ccc(OC(F)(F)F)cc2)o1. The van der Waals surface area contributed by atoms with Gasteiger partial charge in [0.25, 0.3) is 0 Å². The van der Waals surface area contributed by atoms with Gasteiger partial charge in [0.15, 0.2) is 0 Å². The Morgan fingerprint density at radius 3 is 2.33 bits per heavy atom. The van der Waals surface area contributed by atoms with Crippen LogP contribution in [0.5, 0.6) is 5.75 Å².